The topological polar surface area (TPSA) is 61.2 Å². The van der Waals surface area contributed by atoms with E-state index in [4.69, 9.17) is 5.41 Å². The smallest absolute Gasteiger partial charge is 0.169 e. The van der Waals surface area contributed by atoms with Crippen LogP contribution < -0.4 is 0 Å². The molecule has 76 valence electrons. The third kappa shape index (κ3) is 2.60. The zero-order chi connectivity index (χ0) is 10.1. The van der Waals surface area contributed by atoms with Crippen LogP contribution in [-0.2, 0) is 9.84 Å². The highest BCUT2D eigenvalue weighted by atomic mass is 32.2. The molecule has 0 radical (unpaired) electrons. The van der Waals surface area contributed by atoms with E-state index in [-0.39, 0.29) is 0 Å². The van der Waals surface area contributed by atoms with E-state index in [0.717, 1.165) is 5.75 Å². The lowest BCUT2D eigenvalue weighted by Crippen LogP contribution is -2.48. The van der Waals surface area contributed by atoms with Crippen molar-refractivity contribution < 1.29 is 8.42 Å². The predicted octanol–water partition coefficient (Wildman–Crippen LogP) is 0.403. The summed E-state index contributed by atoms with van der Waals surface area (Å²) >= 11 is 1.63. The number of nitrogens with zero attached hydrogens (tertiary/aromatic N) is 1. The van der Waals surface area contributed by atoms with Gasteiger partial charge >= 0.3 is 0 Å². The van der Waals surface area contributed by atoms with E-state index in [2.05, 4.69) is 0 Å². The summed E-state index contributed by atoms with van der Waals surface area (Å²) in [5, 5.41) is 6.95. The molecule has 1 saturated heterocycles. The molecule has 0 bridgehead atoms. The maximum absolute atomic E-state index is 11.3. The average Bonchev–Trinajstić information content (AvgIpc) is 2.03. The van der Waals surface area contributed by atoms with Crippen LogP contribution in [0.5, 0.6) is 0 Å². The fraction of sp³-hybridized carbons (Fsp3) is 0.857. The first-order valence-corrected chi connectivity index (χ1v) is 7.12. The number of hydrogen-bond donors (Lipinski definition) is 1. The van der Waals surface area contributed by atoms with Crippen LogP contribution in [0.3, 0.4) is 0 Å². The van der Waals surface area contributed by atoms with Gasteiger partial charge in [-0.2, -0.15) is 11.8 Å². The highest BCUT2D eigenvalue weighted by Gasteiger charge is 2.30. The van der Waals surface area contributed by atoms with E-state index in [1.54, 1.807) is 23.6 Å². The zero-order valence-electron chi connectivity index (χ0n) is 7.78. The van der Waals surface area contributed by atoms with Crippen molar-refractivity contribution in [3.63, 3.8) is 0 Å². The van der Waals surface area contributed by atoms with Crippen LogP contribution in [0, 0.1) is 5.41 Å². The Morgan fingerprint density at radius 2 is 2.23 bits per heavy atom. The minimum atomic E-state index is -3.06. The average molecular weight is 222 g/mol. The number of amidine groups is 1. The zero-order valence-corrected chi connectivity index (χ0v) is 9.41. The van der Waals surface area contributed by atoms with Gasteiger partial charge < -0.3 is 4.90 Å². The number of nitrogens with one attached hydrogen (secondary N) is 1. The van der Waals surface area contributed by atoms with Crippen LogP contribution in [0.25, 0.3) is 0 Å². The van der Waals surface area contributed by atoms with Crippen LogP contribution in [0.15, 0.2) is 0 Å². The van der Waals surface area contributed by atoms with Crippen molar-refractivity contribution in [3.8, 4) is 0 Å². The van der Waals surface area contributed by atoms with Crippen LogP contribution in [0.4, 0.5) is 0 Å². The summed E-state index contributed by atoms with van der Waals surface area (Å²) in [6.45, 7) is 2.30. The first-order valence-electron chi connectivity index (χ1n) is 4.01. The minimum Gasteiger partial charge on any atom is -0.342 e. The molecule has 6 heteroatoms. The van der Waals surface area contributed by atoms with E-state index >= 15 is 0 Å². The SMILES string of the molecule is CC(=N)N1CCSCC1S(C)(=O)=O. The lowest BCUT2D eigenvalue weighted by Gasteiger charge is -2.34. The predicted molar refractivity (Wildman–Crippen MR) is 56.1 cm³/mol. The Bertz CT molecular complexity index is 300. The molecular formula is C7H14N2O2S2. The number of thioether (sulfide) groups is 1. The molecule has 0 amide bonds. The van der Waals surface area contributed by atoms with Crippen LogP contribution in [-0.4, -0.2) is 48.8 Å². The largest absolute Gasteiger partial charge is 0.342 e. The Morgan fingerprint density at radius 3 is 2.62 bits per heavy atom. The highest BCUT2D eigenvalue weighted by molar-refractivity contribution is 8.00. The summed E-state index contributed by atoms with van der Waals surface area (Å²) in [6.07, 6.45) is 1.24. The van der Waals surface area contributed by atoms with Crippen molar-refractivity contribution in [2.24, 2.45) is 0 Å². The summed E-state index contributed by atoms with van der Waals surface area (Å²) in [7, 11) is -3.06. The maximum atomic E-state index is 11.3. The van der Waals surface area contributed by atoms with Gasteiger partial charge in [0.2, 0.25) is 0 Å². The van der Waals surface area contributed by atoms with Gasteiger partial charge in [-0.1, -0.05) is 0 Å². The molecule has 0 spiro atoms. The minimum absolute atomic E-state index is 0.343. The molecule has 1 N–H and O–H groups in total. The van der Waals surface area contributed by atoms with Crippen LogP contribution >= 0.6 is 11.8 Å². The molecule has 0 saturated carbocycles. The van der Waals surface area contributed by atoms with E-state index in [0.29, 0.717) is 18.1 Å². The van der Waals surface area contributed by atoms with E-state index in [9.17, 15) is 8.42 Å². The quantitative estimate of drug-likeness (QED) is 0.515. The third-order valence-electron chi connectivity index (χ3n) is 2.01. The van der Waals surface area contributed by atoms with Gasteiger partial charge in [-0.25, -0.2) is 8.42 Å². The molecule has 1 aliphatic rings. The normalized spacial score (nSPS) is 24.5. The number of hydrogen-bond acceptors (Lipinski definition) is 4. The van der Waals surface area contributed by atoms with E-state index in [1.165, 1.54) is 6.26 Å². The molecule has 1 fully saturated rings. The second-order valence-corrected chi connectivity index (χ2v) is 6.49. The summed E-state index contributed by atoms with van der Waals surface area (Å²) in [4.78, 5) is 1.66. The lowest BCUT2D eigenvalue weighted by molar-refractivity contribution is 0.406. The molecule has 0 aromatic heterocycles. The standard InChI is InChI=1S/C7H14N2O2S2/c1-6(8)9-3-4-12-5-7(9)13(2,10)11/h7-8H,3-5H2,1-2H3. The lowest BCUT2D eigenvalue weighted by atomic mass is 10.4. The van der Waals surface area contributed by atoms with Crippen molar-refractivity contribution >= 4 is 27.4 Å². The Morgan fingerprint density at radius 1 is 1.62 bits per heavy atom. The maximum Gasteiger partial charge on any atom is 0.169 e. The van der Waals surface area contributed by atoms with E-state index in [1.807, 2.05) is 0 Å². The fourth-order valence-electron chi connectivity index (χ4n) is 1.32. The molecule has 0 aromatic rings. The van der Waals surface area contributed by atoms with Crippen LogP contribution in [0.2, 0.25) is 0 Å². The molecule has 1 unspecified atom stereocenters. The van der Waals surface area contributed by atoms with Crippen molar-refractivity contribution in [2.45, 2.75) is 12.3 Å². The molecule has 1 heterocycles. The Hall–Kier alpha value is -0.230. The van der Waals surface area contributed by atoms with Crippen molar-refractivity contribution in [3.05, 3.63) is 0 Å². The molecule has 1 rings (SSSR count). The van der Waals surface area contributed by atoms with Gasteiger partial charge in [0.15, 0.2) is 9.84 Å². The Kier molecular flexibility index (Phi) is 3.23. The second-order valence-electron chi connectivity index (χ2n) is 3.14. The fourth-order valence-corrected chi connectivity index (χ4v) is 4.20. The molecule has 0 aromatic carbocycles. The van der Waals surface area contributed by atoms with Gasteiger partial charge in [0.25, 0.3) is 0 Å². The van der Waals surface area contributed by atoms with Crippen molar-refractivity contribution in [2.75, 3.05) is 24.3 Å². The van der Waals surface area contributed by atoms with E-state index < -0.39 is 15.2 Å². The Labute approximate surface area is 83.1 Å². The van der Waals surface area contributed by atoms with Gasteiger partial charge in [-0.05, 0) is 6.92 Å². The van der Waals surface area contributed by atoms with Gasteiger partial charge in [0, 0.05) is 24.3 Å². The molecule has 0 aliphatic carbocycles. The van der Waals surface area contributed by atoms with Crippen LogP contribution in [0.1, 0.15) is 6.92 Å². The monoisotopic (exact) mass is 222 g/mol. The van der Waals surface area contributed by atoms with Gasteiger partial charge in [0.05, 0.1) is 5.84 Å². The highest BCUT2D eigenvalue weighted by Crippen LogP contribution is 2.20. The van der Waals surface area contributed by atoms with Gasteiger partial charge in [0.1, 0.15) is 5.37 Å². The first kappa shape index (κ1) is 10.8. The number of sulfone groups is 1. The summed E-state index contributed by atoms with van der Waals surface area (Å²) < 4.78 is 22.7. The van der Waals surface area contributed by atoms with Gasteiger partial charge in [-0.15, -0.1) is 0 Å². The number of rotatable bonds is 1. The molecule has 13 heavy (non-hydrogen) atoms. The van der Waals surface area contributed by atoms with Crippen molar-refractivity contribution in [1.29, 1.82) is 5.41 Å². The molecule has 1 aliphatic heterocycles. The summed E-state index contributed by atoms with van der Waals surface area (Å²) in [6, 6.07) is 0. The molecule has 4 nitrogen and oxygen atoms in total. The van der Waals surface area contributed by atoms with Crippen molar-refractivity contribution in [1.82, 2.24) is 4.90 Å². The molecular weight excluding hydrogens is 208 g/mol. The third-order valence-corrected chi connectivity index (χ3v) is 4.65. The summed E-state index contributed by atoms with van der Waals surface area (Å²) in [5.41, 5.74) is 0. The second kappa shape index (κ2) is 3.88. The first-order chi connectivity index (χ1) is 5.93. The molecule has 1 atom stereocenters. The Balaban J connectivity index is 2.86. The summed E-state index contributed by atoms with van der Waals surface area (Å²) in [5.74, 6) is 1.83. The van der Waals surface area contributed by atoms with Gasteiger partial charge in [-0.3, -0.25) is 5.41 Å².